The normalized spacial score (nSPS) is 18.5. The number of nitrogens with one attached hydrogen (secondary N) is 1. The molecule has 2 aromatic heterocycles. The van der Waals surface area contributed by atoms with Crippen LogP contribution in [0.25, 0.3) is 11.3 Å². The molecule has 1 fully saturated rings. The van der Waals surface area contributed by atoms with Crippen molar-refractivity contribution in [1.82, 2.24) is 20.1 Å². The number of aromatic nitrogens is 3. The number of hydrogen-bond acceptors (Lipinski definition) is 3. The van der Waals surface area contributed by atoms with Crippen LogP contribution in [0.4, 0.5) is 13.2 Å². The number of hydrogen-bond donors (Lipinski definition) is 1. The van der Waals surface area contributed by atoms with Gasteiger partial charge in [0.2, 0.25) is 0 Å². The molecule has 0 atom stereocenters. The van der Waals surface area contributed by atoms with Gasteiger partial charge in [0.05, 0.1) is 16.3 Å². The fourth-order valence-electron chi connectivity index (χ4n) is 4.10. The summed E-state index contributed by atoms with van der Waals surface area (Å²) >= 11 is 5.72. The second-order valence-electron chi connectivity index (χ2n) is 8.11. The zero-order valence-electron chi connectivity index (χ0n) is 17.4. The highest BCUT2D eigenvalue weighted by Gasteiger charge is 2.29. The molecular formula is C23H22ClF3N4O. The average molecular weight is 463 g/mol. The van der Waals surface area contributed by atoms with E-state index >= 15 is 0 Å². The SMILES string of the molecule is Cc1c(F)c(F)c(Cl)c(C(=O)NC2CCC(Cn3ccc(-c4ccncc4)n3)CC2)c1F. The first-order valence-corrected chi connectivity index (χ1v) is 10.8. The van der Waals surface area contributed by atoms with Gasteiger partial charge in [-0.2, -0.15) is 5.10 Å². The Morgan fingerprint density at radius 3 is 2.47 bits per heavy atom. The molecule has 0 unspecified atom stereocenters. The van der Waals surface area contributed by atoms with Crippen molar-refractivity contribution >= 4 is 17.5 Å². The van der Waals surface area contributed by atoms with Crippen molar-refractivity contribution in [1.29, 1.82) is 0 Å². The number of rotatable bonds is 5. The highest BCUT2D eigenvalue weighted by Crippen LogP contribution is 2.30. The summed E-state index contributed by atoms with van der Waals surface area (Å²) in [5.41, 5.74) is 0.675. The molecule has 1 N–H and O–H groups in total. The molecule has 2 heterocycles. The fourth-order valence-corrected chi connectivity index (χ4v) is 4.35. The summed E-state index contributed by atoms with van der Waals surface area (Å²) in [7, 11) is 0. The molecule has 0 aliphatic heterocycles. The molecule has 32 heavy (non-hydrogen) atoms. The van der Waals surface area contributed by atoms with Crippen LogP contribution in [-0.2, 0) is 6.54 Å². The van der Waals surface area contributed by atoms with E-state index in [2.05, 4.69) is 15.4 Å². The summed E-state index contributed by atoms with van der Waals surface area (Å²) in [5, 5.41) is 6.51. The summed E-state index contributed by atoms with van der Waals surface area (Å²) < 4.78 is 43.8. The number of benzene rings is 1. The molecular weight excluding hydrogens is 441 g/mol. The van der Waals surface area contributed by atoms with Gasteiger partial charge in [-0.25, -0.2) is 13.2 Å². The summed E-state index contributed by atoms with van der Waals surface area (Å²) in [5.74, 6) is -4.37. The molecule has 1 aliphatic rings. The second kappa shape index (κ2) is 9.32. The average Bonchev–Trinajstić information content (AvgIpc) is 3.27. The van der Waals surface area contributed by atoms with Crippen LogP contribution in [0.2, 0.25) is 5.02 Å². The van der Waals surface area contributed by atoms with Crippen molar-refractivity contribution in [2.75, 3.05) is 0 Å². The molecule has 168 valence electrons. The lowest BCUT2D eigenvalue weighted by Gasteiger charge is -2.29. The summed E-state index contributed by atoms with van der Waals surface area (Å²) in [6.45, 7) is 1.83. The Morgan fingerprint density at radius 1 is 1.09 bits per heavy atom. The van der Waals surface area contributed by atoms with Crippen LogP contribution < -0.4 is 5.32 Å². The molecule has 4 rings (SSSR count). The number of carbonyl (C=O) groups is 1. The Kier molecular flexibility index (Phi) is 6.50. The smallest absolute Gasteiger partial charge is 0.256 e. The van der Waals surface area contributed by atoms with Crippen LogP contribution in [0.15, 0.2) is 36.8 Å². The van der Waals surface area contributed by atoms with Gasteiger partial charge < -0.3 is 5.32 Å². The first-order chi connectivity index (χ1) is 15.3. The predicted molar refractivity (Wildman–Crippen MR) is 115 cm³/mol. The van der Waals surface area contributed by atoms with Gasteiger partial charge >= 0.3 is 0 Å². The molecule has 1 saturated carbocycles. The van der Waals surface area contributed by atoms with Crippen molar-refractivity contribution in [3.63, 3.8) is 0 Å². The zero-order valence-corrected chi connectivity index (χ0v) is 18.2. The van der Waals surface area contributed by atoms with Gasteiger partial charge in [-0.15, -0.1) is 0 Å². The lowest BCUT2D eigenvalue weighted by molar-refractivity contribution is 0.0915. The molecule has 3 aromatic rings. The van der Waals surface area contributed by atoms with Crippen molar-refractivity contribution < 1.29 is 18.0 Å². The van der Waals surface area contributed by atoms with Crippen LogP contribution in [0.1, 0.15) is 41.6 Å². The molecule has 0 saturated heterocycles. The summed E-state index contributed by atoms with van der Waals surface area (Å²) in [4.78, 5) is 16.5. The standard InChI is InChI=1S/C23H22ClF3N4O/c1-13-20(25)18(19(24)22(27)21(13)26)23(32)29-16-4-2-14(3-5-16)12-31-11-8-17(30-31)15-6-9-28-10-7-15/h6-11,14,16H,2-5,12H2,1H3,(H,29,32). The number of amides is 1. The number of carbonyl (C=O) groups excluding carboxylic acids is 1. The minimum Gasteiger partial charge on any atom is -0.349 e. The largest absolute Gasteiger partial charge is 0.349 e. The Labute approximate surface area is 188 Å². The first kappa shape index (κ1) is 22.3. The zero-order chi connectivity index (χ0) is 22.8. The Hall–Kier alpha value is -2.87. The highest BCUT2D eigenvalue weighted by molar-refractivity contribution is 6.34. The number of nitrogens with zero attached hydrogens (tertiary/aromatic N) is 3. The third-order valence-electron chi connectivity index (χ3n) is 5.95. The Balaban J connectivity index is 1.34. The molecule has 5 nitrogen and oxygen atoms in total. The van der Waals surface area contributed by atoms with E-state index in [-0.39, 0.29) is 6.04 Å². The van der Waals surface area contributed by atoms with Gasteiger partial charge in [0.1, 0.15) is 5.82 Å². The highest BCUT2D eigenvalue weighted by atomic mass is 35.5. The van der Waals surface area contributed by atoms with Gasteiger partial charge in [-0.3, -0.25) is 14.5 Å². The van der Waals surface area contributed by atoms with Crippen molar-refractivity contribution in [3.8, 4) is 11.3 Å². The van der Waals surface area contributed by atoms with E-state index in [0.717, 1.165) is 37.6 Å². The van der Waals surface area contributed by atoms with E-state index in [0.29, 0.717) is 18.8 Å². The van der Waals surface area contributed by atoms with Crippen molar-refractivity contribution in [3.05, 3.63) is 70.4 Å². The summed E-state index contributed by atoms with van der Waals surface area (Å²) in [6, 6.07) is 5.59. The van der Waals surface area contributed by atoms with E-state index in [1.165, 1.54) is 0 Å². The van der Waals surface area contributed by atoms with Crippen LogP contribution in [0, 0.1) is 30.3 Å². The van der Waals surface area contributed by atoms with Crippen LogP contribution in [0.3, 0.4) is 0 Å². The third-order valence-corrected chi connectivity index (χ3v) is 6.31. The van der Waals surface area contributed by atoms with E-state index in [9.17, 15) is 18.0 Å². The van der Waals surface area contributed by atoms with Crippen LogP contribution in [-0.4, -0.2) is 26.7 Å². The Morgan fingerprint density at radius 2 is 1.78 bits per heavy atom. The van der Waals surface area contributed by atoms with E-state index in [1.54, 1.807) is 12.4 Å². The minimum atomic E-state index is -1.41. The maximum atomic E-state index is 14.4. The number of pyridine rings is 1. The minimum absolute atomic E-state index is 0.187. The van der Waals surface area contributed by atoms with Gasteiger partial charge in [0.25, 0.3) is 5.91 Å². The molecule has 9 heteroatoms. The van der Waals surface area contributed by atoms with Crippen LogP contribution >= 0.6 is 11.6 Å². The summed E-state index contributed by atoms with van der Waals surface area (Å²) in [6.07, 6.45) is 8.48. The molecule has 1 amide bonds. The number of halogens is 4. The van der Waals surface area contributed by atoms with E-state index < -0.39 is 39.5 Å². The maximum Gasteiger partial charge on any atom is 0.256 e. The van der Waals surface area contributed by atoms with Crippen molar-refractivity contribution in [2.45, 2.75) is 45.2 Å². The maximum absolute atomic E-state index is 14.4. The third kappa shape index (κ3) is 4.50. The molecule has 0 bridgehead atoms. The lowest BCUT2D eigenvalue weighted by Crippen LogP contribution is -2.39. The van der Waals surface area contributed by atoms with Gasteiger partial charge in [-0.1, -0.05) is 11.6 Å². The monoisotopic (exact) mass is 462 g/mol. The van der Waals surface area contributed by atoms with Gasteiger partial charge in [-0.05, 0) is 56.7 Å². The second-order valence-corrected chi connectivity index (χ2v) is 8.48. The topological polar surface area (TPSA) is 59.8 Å². The predicted octanol–water partition coefficient (Wildman–Crippen LogP) is 5.31. The molecule has 0 radical (unpaired) electrons. The molecule has 1 aromatic carbocycles. The van der Waals surface area contributed by atoms with Crippen molar-refractivity contribution in [2.24, 2.45) is 5.92 Å². The first-order valence-electron chi connectivity index (χ1n) is 10.4. The van der Waals surface area contributed by atoms with Gasteiger partial charge in [0.15, 0.2) is 11.6 Å². The van der Waals surface area contributed by atoms with Crippen LogP contribution in [0.5, 0.6) is 0 Å². The molecule has 0 spiro atoms. The van der Waals surface area contributed by atoms with Gasteiger partial charge in [0, 0.05) is 42.3 Å². The fraction of sp³-hybridized carbons (Fsp3) is 0.348. The van der Waals surface area contributed by atoms with E-state index in [4.69, 9.17) is 11.6 Å². The van der Waals surface area contributed by atoms with E-state index in [1.807, 2.05) is 29.1 Å². The Bertz CT molecular complexity index is 1100. The molecule has 1 aliphatic carbocycles. The lowest BCUT2D eigenvalue weighted by atomic mass is 9.86. The quantitative estimate of drug-likeness (QED) is 0.413.